The lowest BCUT2D eigenvalue weighted by molar-refractivity contribution is -0.387. The highest BCUT2D eigenvalue weighted by Crippen LogP contribution is 2.34. The molecular formula is C13H13F2N3O3. The van der Waals surface area contributed by atoms with Gasteiger partial charge in [-0.15, -0.1) is 0 Å². The van der Waals surface area contributed by atoms with E-state index in [1.807, 2.05) is 0 Å². The molecule has 1 N–H and O–H groups in total. The number of nitrogens with zero attached hydrogens (tertiary/aromatic N) is 2. The summed E-state index contributed by atoms with van der Waals surface area (Å²) in [6.07, 6.45) is 0.916. The number of halogens is 2. The van der Waals surface area contributed by atoms with Crippen LogP contribution in [-0.2, 0) is 0 Å². The van der Waals surface area contributed by atoms with Crippen molar-refractivity contribution in [1.82, 2.24) is 5.32 Å². The van der Waals surface area contributed by atoms with Gasteiger partial charge in [0.1, 0.15) is 11.6 Å². The number of nitriles is 1. The molecule has 6 nitrogen and oxygen atoms in total. The molecule has 0 aliphatic heterocycles. The first kappa shape index (κ1) is 15.1. The summed E-state index contributed by atoms with van der Waals surface area (Å²) in [5.41, 5.74) is -1.67. The van der Waals surface area contributed by atoms with Crippen LogP contribution in [0.4, 0.5) is 14.5 Å². The van der Waals surface area contributed by atoms with Gasteiger partial charge in [-0.05, 0) is 19.9 Å². The van der Waals surface area contributed by atoms with E-state index in [-0.39, 0.29) is 5.75 Å². The van der Waals surface area contributed by atoms with Gasteiger partial charge in [-0.1, -0.05) is 0 Å². The van der Waals surface area contributed by atoms with Gasteiger partial charge in [-0.2, -0.15) is 9.65 Å². The van der Waals surface area contributed by atoms with Crippen molar-refractivity contribution in [1.29, 1.82) is 5.26 Å². The molecule has 0 radical (unpaired) electrons. The van der Waals surface area contributed by atoms with E-state index < -0.39 is 33.9 Å². The maximum atomic E-state index is 13.7. The van der Waals surface area contributed by atoms with Crippen LogP contribution in [-0.4, -0.2) is 23.6 Å². The van der Waals surface area contributed by atoms with E-state index in [0.29, 0.717) is 31.4 Å². The van der Waals surface area contributed by atoms with Crippen molar-refractivity contribution in [3.05, 3.63) is 33.9 Å². The van der Waals surface area contributed by atoms with E-state index in [2.05, 4.69) is 11.4 Å². The van der Waals surface area contributed by atoms with Gasteiger partial charge in [0.15, 0.2) is 11.6 Å². The van der Waals surface area contributed by atoms with Gasteiger partial charge in [0.2, 0.25) is 5.82 Å². The van der Waals surface area contributed by atoms with Crippen LogP contribution in [0.2, 0.25) is 0 Å². The minimum atomic E-state index is -1.16. The topological polar surface area (TPSA) is 88.2 Å². The molecule has 0 amide bonds. The number of rotatable bonds is 4. The zero-order chi connectivity index (χ0) is 15.6. The molecule has 1 aromatic rings. The summed E-state index contributed by atoms with van der Waals surface area (Å²) >= 11 is 0. The molecule has 8 heteroatoms. The smallest absolute Gasteiger partial charge is 0.307 e. The Hall–Kier alpha value is -2.27. The number of ether oxygens (including phenoxy) is 1. The van der Waals surface area contributed by atoms with Crippen LogP contribution in [0.25, 0.3) is 0 Å². The van der Waals surface area contributed by atoms with Crippen LogP contribution < -0.4 is 10.1 Å². The van der Waals surface area contributed by atoms with Crippen LogP contribution in [0.5, 0.6) is 5.75 Å². The van der Waals surface area contributed by atoms with Crippen LogP contribution in [0, 0.1) is 33.1 Å². The Kier molecular flexibility index (Phi) is 4.04. The molecule has 0 heterocycles. The molecule has 1 aliphatic rings. The fourth-order valence-electron chi connectivity index (χ4n) is 2.41. The zero-order valence-electron chi connectivity index (χ0n) is 11.2. The van der Waals surface area contributed by atoms with Crippen molar-refractivity contribution >= 4 is 5.69 Å². The molecule has 0 spiro atoms. The van der Waals surface area contributed by atoms with E-state index >= 15 is 0 Å². The summed E-state index contributed by atoms with van der Waals surface area (Å²) in [5, 5.41) is 22.5. The zero-order valence-corrected chi connectivity index (χ0v) is 11.2. The monoisotopic (exact) mass is 297 g/mol. The maximum absolute atomic E-state index is 13.7. The molecule has 1 aliphatic carbocycles. The molecular weight excluding hydrogens is 284 g/mol. The molecule has 1 saturated carbocycles. The third kappa shape index (κ3) is 2.92. The Bertz CT molecular complexity index is 617. The molecule has 0 bridgehead atoms. The van der Waals surface area contributed by atoms with Crippen molar-refractivity contribution in [2.75, 3.05) is 7.05 Å². The number of nitro groups is 1. The van der Waals surface area contributed by atoms with E-state index in [0.717, 1.165) is 0 Å². The lowest BCUT2D eigenvalue weighted by atomic mass is 10.0. The van der Waals surface area contributed by atoms with Crippen LogP contribution in [0.15, 0.2) is 12.1 Å². The van der Waals surface area contributed by atoms with Crippen molar-refractivity contribution in [2.24, 2.45) is 0 Å². The molecule has 2 atom stereocenters. The fraction of sp³-hybridized carbons (Fsp3) is 0.462. The summed E-state index contributed by atoms with van der Waals surface area (Å²) in [5.74, 6) is -2.54. The minimum Gasteiger partial charge on any atom is -0.487 e. The van der Waals surface area contributed by atoms with E-state index in [4.69, 9.17) is 10.00 Å². The third-order valence-electron chi connectivity index (χ3n) is 3.65. The van der Waals surface area contributed by atoms with Crippen molar-refractivity contribution in [2.45, 2.75) is 30.9 Å². The number of nitrogens with one attached hydrogen (secondary N) is 1. The highest BCUT2D eigenvalue weighted by molar-refractivity contribution is 5.39. The van der Waals surface area contributed by atoms with Gasteiger partial charge in [-0.25, -0.2) is 4.39 Å². The molecule has 21 heavy (non-hydrogen) atoms. The van der Waals surface area contributed by atoms with Crippen LogP contribution in [0.3, 0.4) is 0 Å². The van der Waals surface area contributed by atoms with Crippen molar-refractivity contribution < 1.29 is 18.4 Å². The Morgan fingerprint density at radius 2 is 2.24 bits per heavy atom. The largest absolute Gasteiger partial charge is 0.487 e. The first-order chi connectivity index (χ1) is 9.90. The summed E-state index contributed by atoms with van der Waals surface area (Å²) in [7, 11) is 1.65. The average molecular weight is 297 g/mol. The maximum Gasteiger partial charge on any atom is 0.307 e. The highest BCUT2D eigenvalue weighted by Gasteiger charge is 2.39. The average Bonchev–Trinajstić information content (AvgIpc) is 2.86. The standard InChI is InChI=1S/C13H13F2N3O3/c1-17-13(7-16)3-2-8(6-13)21-12-5-9(14)11(18(19)20)4-10(12)15/h4-5,8,17H,2-3,6H2,1H3. The Morgan fingerprint density at radius 3 is 2.76 bits per heavy atom. The summed E-state index contributed by atoms with van der Waals surface area (Å²) in [6, 6.07) is 3.31. The van der Waals surface area contributed by atoms with Gasteiger partial charge in [0, 0.05) is 12.5 Å². The number of benzene rings is 1. The first-order valence-corrected chi connectivity index (χ1v) is 6.31. The number of nitro benzene ring substituents is 1. The molecule has 1 aromatic carbocycles. The molecule has 0 aromatic heterocycles. The first-order valence-electron chi connectivity index (χ1n) is 6.31. The second kappa shape index (κ2) is 5.61. The summed E-state index contributed by atoms with van der Waals surface area (Å²) < 4.78 is 32.6. The second-order valence-electron chi connectivity index (χ2n) is 4.92. The predicted molar refractivity (Wildman–Crippen MR) is 68.7 cm³/mol. The summed E-state index contributed by atoms with van der Waals surface area (Å²) in [4.78, 5) is 9.51. The van der Waals surface area contributed by atoms with E-state index in [1.165, 1.54) is 0 Å². The number of hydrogen-bond donors (Lipinski definition) is 1. The quantitative estimate of drug-likeness (QED) is 0.680. The van der Waals surface area contributed by atoms with Gasteiger partial charge < -0.3 is 10.1 Å². The predicted octanol–water partition coefficient (Wildman–Crippen LogP) is 2.29. The molecule has 112 valence electrons. The van der Waals surface area contributed by atoms with Crippen LogP contribution in [0.1, 0.15) is 19.3 Å². The van der Waals surface area contributed by atoms with E-state index in [9.17, 15) is 18.9 Å². The molecule has 1 fully saturated rings. The van der Waals surface area contributed by atoms with Crippen molar-refractivity contribution in [3.8, 4) is 11.8 Å². The van der Waals surface area contributed by atoms with Gasteiger partial charge >= 0.3 is 5.69 Å². The molecule has 2 rings (SSSR count). The Labute approximate surface area is 119 Å². The lowest BCUT2D eigenvalue weighted by Gasteiger charge is -2.20. The van der Waals surface area contributed by atoms with Crippen molar-refractivity contribution in [3.63, 3.8) is 0 Å². The highest BCUT2D eigenvalue weighted by atomic mass is 19.1. The van der Waals surface area contributed by atoms with E-state index in [1.54, 1.807) is 7.05 Å². The van der Waals surface area contributed by atoms with Gasteiger partial charge in [0.25, 0.3) is 0 Å². The SMILES string of the molecule is CNC1(C#N)CCC(Oc2cc(F)c([N+](=O)[O-])cc2F)C1. The summed E-state index contributed by atoms with van der Waals surface area (Å²) in [6.45, 7) is 0. The van der Waals surface area contributed by atoms with Gasteiger partial charge in [-0.3, -0.25) is 10.1 Å². The lowest BCUT2D eigenvalue weighted by Crippen LogP contribution is -2.39. The fourth-order valence-corrected chi connectivity index (χ4v) is 2.41. The normalized spacial score (nSPS) is 24.6. The number of hydrogen-bond acceptors (Lipinski definition) is 5. The van der Waals surface area contributed by atoms with Crippen LogP contribution >= 0.6 is 0 Å². The minimum absolute atomic E-state index is 0.331. The second-order valence-corrected chi connectivity index (χ2v) is 4.92. The molecule has 0 saturated heterocycles. The molecule has 2 unspecified atom stereocenters. The van der Waals surface area contributed by atoms with Gasteiger partial charge in [0.05, 0.1) is 17.1 Å². The Balaban J connectivity index is 2.17. The Morgan fingerprint density at radius 1 is 1.52 bits per heavy atom. The third-order valence-corrected chi connectivity index (χ3v) is 3.65.